The number of hydrogen-bond donors (Lipinski definition) is 1. The molecule has 16 heavy (non-hydrogen) atoms. The zero-order chi connectivity index (χ0) is 11.5. The molecule has 1 saturated heterocycles. The van der Waals surface area contributed by atoms with Gasteiger partial charge in [-0.1, -0.05) is 0 Å². The second-order valence-electron chi connectivity index (χ2n) is 4.68. The summed E-state index contributed by atoms with van der Waals surface area (Å²) in [4.78, 5) is 6.84. The maximum atomic E-state index is 5.79. The van der Waals surface area contributed by atoms with Gasteiger partial charge in [-0.05, 0) is 26.2 Å². The topological polar surface area (TPSA) is 60.0 Å². The molecule has 0 aliphatic carbocycles. The summed E-state index contributed by atoms with van der Waals surface area (Å²) in [5, 5.41) is 4.46. The normalized spacial score (nSPS) is 18.8. The van der Waals surface area contributed by atoms with Crippen LogP contribution in [-0.2, 0) is 13.5 Å². The molecule has 1 aromatic rings. The molecule has 0 radical (unpaired) electrons. The number of aryl methyl sites for hydroxylation is 1. The first-order valence-electron chi connectivity index (χ1n) is 6.07. The van der Waals surface area contributed by atoms with Gasteiger partial charge in [0, 0.05) is 32.6 Å². The van der Waals surface area contributed by atoms with E-state index < -0.39 is 0 Å². The number of rotatable bonds is 3. The lowest BCUT2D eigenvalue weighted by Crippen LogP contribution is -2.30. The minimum absolute atomic E-state index is 0.136. The van der Waals surface area contributed by atoms with Gasteiger partial charge in [-0.2, -0.15) is 4.98 Å². The van der Waals surface area contributed by atoms with Crippen molar-refractivity contribution in [3.8, 4) is 0 Å². The Bertz CT molecular complexity index is 338. The summed E-state index contributed by atoms with van der Waals surface area (Å²) < 4.78 is 1.85. The molecule has 5 heteroatoms. The predicted octanol–water partition coefficient (Wildman–Crippen LogP) is 0.695. The highest BCUT2D eigenvalue weighted by molar-refractivity contribution is 5.29. The molecule has 1 unspecified atom stereocenters. The summed E-state index contributed by atoms with van der Waals surface area (Å²) in [5.74, 6) is 1.86. The summed E-state index contributed by atoms with van der Waals surface area (Å²) in [6, 6.07) is 0.136. The van der Waals surface area contributed by atoms with Crippen LogP contribution in [0.3, 0.4) is 0 Å². The minimum Gasteiger partial charge on any atom is -0.340 e. The molecule has 2 N–H and O–H groups in total. The third kappa shape index (κ3) is 2.52. The molecule has 5 nitrogen and oxygen atoms in total. The van der Waals surface area contributed by atoms with Crippen LogP contribution in [0.1, 0.15) is 32.0 Å². The van der Waals surface area contributed by atoms with Crippen molar-refractivity contribution in [2.75, 3.05) is 18.0 Å². The van der Waals surface area contributed by atoms with Crippen molar-refractivity contribution >= 4 is 5.95 Å². The lowest BCUT2D eigenvalue weighted by Gasteiger charge is -2.24. The number of nitrogens with zero attached hydrogens (tertiary/aromatic N) is 4. The molecule has 1 fully saturated rings. The van der Waals surface area contributed by atoms with Crippen molar-refractivity contribution < 1.29 is 0 Å². The van der Waals surface area contributed by atoms with Gasteiger partial charge in [0.25, 0.3) is 0 Å². The van der Waals surface area contributed by atoms with Gasteiger partial charge in [0.15, 0.2) is 0 Å². The fraction of sp³-hybridized carbons (Fsp3) is 0.818. The van der Waals surface area contributed by atoms with E-state index in [9.17, 15) is 0 Å². The van der Waals surface area contributed by atoms with Crippen LogP contribution in [0.5, 0.6) is 0 Å². The van der Waals surface area contributed by atoms with E-state index in [0.29, 0.717) is 0 Å². The average molecular weight is 223 g/mol. The SMILES string of the molecule is CC(N)Cc1nc(N2CCCCC2)nn1C. The van der Waals surface area contributed by atoms with Crippen LogP contribution in [0.25, 0.3) is 0 Å². The van der Waals surface area contributed by atoms with Crippen LogP contribution in [0.15, 0.2) is 0 Å². The molecule has 0 saturated carbocycles. The number of nitrogens with two attached hydrogens (primary N) is 1. The smallest absolute Gasteiger partial charge is 0.244 e. The lowest BCUT2D eigenvalue weighted by atomic mass is 10.1. The summed E-state index contributed by atoms with van der Waals surface area (Å²) in [7, 11) is 1.94. The van der Waals surface area contributed by atoms with Crippen LogP contribution in [-0.4, -0.2) is 33.9 Å². The first-order valence-corrected chi connectivity index (χ1v) is 6.07. The Kier molecular flexibility index (Phi) is 3.43. The van der Waals surface area contributed by atoms with E-state index in [1.807, 2.05) is 18.7 Å². The maximum absolute atomic E-state index is 5.79. The zero-order valence-corrected chi connectivity index (χ0v) is 10.2. The second kappa shape index (κ2) is 4.82. The molecule has 2 heterocycles. The van der Waals surface area contributed by atoms with E-state index in [2.05, 4.69) is 15.0 Å². The van der Waals surface area contributed by atoms with E-state index in [-0.39, 0.29) is 6.04 Å². The first-order chi connectivity index (χ1) is 7.66. The van der Waals surface area contributed by atoms with Crippen molar-refractivity contribution in [2.24, 2.45) is 12.8 Å². The van der Waals surface area contributed by atoms with Gasteiger partial charge < -0.3 is 10.6 Å². The third-order valence-electron chi connectivity index (χ3n) is 2.99. The monoisotopic (exact) mass is 223 g/mol. The summed E-state index contributed by atoms with van der Waals surface area (Å²) in [6.45, 7) is 4.17. The molecule has 1 aliphatic heterocycles. The molecular formula is C11H21N5. The van der Waals surface area contributed by atoms with Gasteiger partial charge in [0.1, 0.15) is 5.82 Å². The van der Waals surface area contributed by atoms with Crippen LogP contribution >= 0.6 is 0 Å². The van der Waals surface area contributed by atoms with Crippen LogP contribution < -0.4 is 10.6 Å². The van der Waals surface area contributed by atoms with Gasteiger partial charge >= 0.3 is 0 Å². The first kappa shape index (κ1) is 11.4. The van der Waals surface area contributed by atoms with E-state index in [1.54, 1.807) is 0 Å². The van der Waals surface area contributed by atoms with Crippen LogP contribution in [0, 0.1) is 0 Å². The molecule has 0 spiro atoms. The van der Waals surface area contributed by atoms with Crippen molar-refractivity contribution in [2.45, 2.75) is 38.6 Å². The number of hydrogen-bond acceptors (Lipinski definition) is 4. The van der Waals surface area contributed by atoms with E-state index in [0.717, 1.165) is 31.3 Å². The van der Waals surface area contributed by atoms with Crippen molar-refractivity contribution in [1.82, 2.24) is 14.8 Å². The maximum Gasteiger partial charge on any atom is 0.244 e. The quantitative estimate of drug-likeness (QED) is 0.819. The van der Waals surface area contributed by atoms with Gasteiger partial charge in [-0.25, -0.2) is 0 Å². The van der Waals surface area contributed by atoms with Gasteiger partial charge in [-0.15, -0.1) is 5.10 Å². The Morgan fingerprint density at radius 2 is 2.00 bits per heavy atom. The molecule has 0 amide bonds. The second-order valence-corrected chi connectivity index (χ2v) is 4.68. The van der Waals surface area contributed by atoms with Crippen molar-refractivity contribution in [3.63, 3.8) is 0 Å². The average Bonchev–Trinajstić information content (AvgIpc) is 2.61. The Hall–Kier alpha value is -1.10. The molecule has 0 bridgehead atoms. The molecule has 0 aromatic carbocycles. The fourth-order valence-electron chi connectivity index (χ4n) is 2.10. The summed E-state index contributed by atoms with van der Waals surface area (Å²) in [5.41, 5.74) is 5.79. The van der Waals surface area contributed by atoms with Crippen LogP contribution in [0.4, 0.5) is 5.95 Å². The minimum atomic E-state index is 0.136. The standard InChI is InChI=1S/C11H21N5/c1-9(12)8-10-13-11(14-15(10)2)16-6-4-3-5-7-16/h9H,3-8,12H2,1-2H3. The van der Waals surface area contributed by atoms with Gasteiger partial charge in [-0.3, -0.25) is 4.68 Å². The molecule has 90 valence electrons. The number of aromatic nitrogens is 3. The largest absolute Gasteiger partial charge is 0.340 e. The Balaban J connectivity index is 2.09. The van der Waals surface area contributed by atoms with E-state index in [1.165, 1.54) is 19.3 Å². The van der Waals surface area contributed by atoms with E-state index in [4.69, 9.17) is 5.73 Å². The Morgan fingerprint density at radius 3 is 2.62 bits per heavy atom. The highest BCUT2D eigenvalue weighted by Crippen LogP contribution is 2.16. The van der Waals surface area contributed by atoms with E-state index >= 15 is 0 Å². The lowest BCUT2D eigenvalue weighted by molar-refractivity contribution is 0.566. The molecule has 2 rings (SSSR count). The summed E-state index contributed by atoms with van der Waals surface area (Å²) >= 11 is 0. The van der Waals surface area contributed by atoms with Crippen LogP contribution in [0.2, 0.25) is 0 Å². The van der Waals surface area contributed by atoms with Gasteiger partial charge in [0.2, 0.25) is 5.95 Å². The molecule has 1 aromatic heterocycles. The Morgan fingerprint density at radius 1 is 1.31 bits per heavy atom. The van der Waals surface area contributed by atoms with Crippen molar-refractivity contribution in [3.05, 3.63) is 5.82 Å². The number of anilines is 1. The highest BCUT2D eigenvalue weighted by Gasteiger charge is 2.17. The predicted molar refractivity (Wildman–Crippen MR) is 64.4 cm³/mol. The molecular weight excluding hydrogens is 202 g/mol. The summed E-state index contributed by atoms with van der Waals surface area (Å²) in [6.07, 6.45) is 4.62. The fourth-order valence-corrected chi connectivity index (χ4v) is 2.10. The van der Waals surface area contributed by atoms with Gasteiger partial charge in [0.05, 0.1) is 0 Å². The van der Waals surface area contributed by atoms with Crippen molar-refractivity contribution in [1.29, 1.82) is 0 Å². The Labute approximate surface area is 96.6 Å². The molecule has 1 aliphatic rings. The third-order valence-corrected chi connectivity index (χ3v) is 2.99. The molecule has 1 atom stereocenters. The number of piperidine rings is 1. The highest BCUT2D eigenvalue weighted by atomic mass is 15.4. The zero-order valence-electron chi connectivity index (χ0n) is 10.2.